The van der Waals surface area contributed by atoms with Gasteiger partial charge in [0, 0.05) is 43.1 Å². The van der Waals surface area contributed by atoms with E-state index in [2.05, 4.69) is 5.32 Å². The number of nitrogens with one attached hydrogen (secondary N) is 1. The van der Waals surface area contributed by atoms with Crippen molar-refractivity contribution in [3.63, 3.8) is 0 Å². The van der Waals surface area contributed by atoms with Crippen LogP contribution >= 0.6 is 0 Å². The van der Waals surface area contributed by atoms with Gasteiger partial charge in [-0.25, -0.2) is 0 Å². The number of benzene rings is 2. The van der Waals surface area contributed by atoms with Crippen LogP contribution in [0.3, 0.4) is 0 Å². The number of ether oxygens (including phenoxy) is 1. The number of aryl methyl sites for hydroxylation is 2. The SMILES string of the molecule is CC[C@@H](C)NC(=O)[C@@H]1COC2(CCN(C(=O)c3ccccc3C)CC2)N1C(=O)c1ccc(C)cc1. The molecule has 2 aliphatic heterocycles. The predicted octanol–water partition coefficient (Wildman–Crippen LogP) is 3.69. The van der Waals surface area contributed by atoms with Crippen LogP contribution in [0.2, 0.25) is 0 Å². The van der Waals surface area contributed by atoms with Crippen LogP contribution < -0.4 is 5.32 Å². The van der Waals surface area contributed by atoms with Crippen molar-refractivity contribution in [1.29, 1.82) is 0 Å². The zero-order valence-electron chi connectivity index (χ0n) is 21.0. The van der Waals surface area contributed by atoms with Crippen molar-refractivity contribution >= 4 is 17.7 Å². The number of hydrogen-bond donors (Lipinski definition) is 1. The van der Waals surface area contributed by atoms with Gasteiger partial charge in [-0.1, -0.05) is 42.8 Å². The molecule has 0 aromatic heterocycles. The second-order valence-corrected chi connectivity index (χ2v) is 9.74. The highest BCUT2D eigenvalue weighted by Crippen LogP contribution is 2.39. The van der Waals surface area contributed by atoms with Gasteiger partial charge in [0.05, 0.1) is 6.61 Å². The molecular weight excluding hydrogens is 442 g/mol. The van der Waals surface area contributed by atoms with Crippen molar-refractivity contribution < 1.29 is 19.1 Å². The first kappa shape index (κ1) is 24.9. The fraction of sp³-hybridized carbons (Fsp3) is 0.464. The fourth-order valence-corrected chi connectivity index (χ4v) is 4.89. The van der Waals surface area contributed by atoms with E-state index < -0.39 is 11.8 Å². The molecule has 0 bridgehead atoms. The Bertz CT molecular complexity index is 1090. The minimum atomic E-state index is -0.915. The van der Waals surface area contributed by atoms with Gasteiger partial charge in [0.1, 0.15) is 11.8 Å². The monoisotopic (exact) mass is 477 g/mol. The van der Waals surface area contributed by atoms with E-state index in [1.807, 2.05) is 69.0 Å². The summed E-state index contributed by atoms with van der Waals surface area (Å²) in [5.74, 6) is -0.431. The van der Waals surface area contributed by atoms with Crippen LogP contribution in [-0.4, -0.2) is 65.0 Å². The summed E-state index contributed by atoms with van der Waals surface area (Å²) in [4.78, 5) is 43.6. The van der Waals surface area contributed by atoms with Crippen LogP contribution in [0.25, 0.3) is 0 Å². The second-order valence-electron chi connectivity index (χ2n) is 9.74. The van der Waals surface area contributed by atoms with Gasteiger partial charge in [0.25, 0.3) is 11.8 Å². The molecule has 186 valence electrons. The van der Waals surface area contributed by atoms with Crippen molar-refractivity contribution in [3.8, 4) is 0 Å². The van der Waals surface area contributed by atoms with E-state index in [9.17, 15) is 14.4 Å². The van der Waals surface area contributed by atoms with E-state index in [0.29, 0.717) is 37.1 Å². The summed E-state index contributed by atoms with van der Waals surface area (Å²) in [5.41, 5.74) is 2.30. The first-order valence-corrected chi connectivity index (χ1v) is 12.5. The molecule has 0 radical (unpaired) electrons. The lowest BCUT2D eigenvalue weighted by Crippen LogP contribution is -2.60. The average Bonchev–Trinajstić information content (AvgIpc) is 3.23. The topological polar surface area (TPSA) is 79.0 Å². The van der Waals surface area contributed by atoms with Gasteiger partial charge in [-0.2, -0.15) is 0 Å². The van der Waals surface area contributed by atoms with Crippen LogP contribution in [0.4, 0.5) is 0 Å². The third-order valence-electron chi connectivity index (χ3n) is 7.29. The zero-order valence-corrected chi connectivity index (χ0v) is 21.0. The summed E-state index contributed by atoms with van der Waals surface area (Å²) >= 11 is 0. The van der Waals surface area contributed by atoms with Crippen molar-refractivity contribution in [2.75, 3.05) is 19.7 Å². The minimum Gasteiger partial charge on any atom is -0.353 e. The molecule has 35 heavy (non-hydrogen) atoms. The van der Waals surface area contributed by atoms with Crippen LogP contribution in [0.15, 0.2) is 48.5 Å². The number of amides is 3. The molecule has 2 fully saturated rings. The molecule has 0 saturated carbocycles. The normalized spacial score (nSPS) is 20.1. The van der Waals surface area contributed by atoms with E-state index in [0.717, 1.165) is 17.5 Å². The van der Waals surface area contributed by atoms with Crippen molar-refractivity contribution in [2.24, 2.45) is 0 Å². The van der Waals surface area contributed by atoms with Crippen molar-refractivity contribution in [1.82, 2.24) is 15.1 Å². The lowest BCUT2D eigenvalue weighted by molar-refractivity contribution is -0.128. The van der Waals surface area contributed by atoms with E-state index >= 15 is 0 Å². The molecular formula is C28H35N3O4. The molecule has 2 atom stereocenters. The Labute approximate surface area is 207 Å². The number of likely N-dealkylation sites (tertiary alicyclic amines) is 1. The Hall–Kier alpha value is -3.19. The summed E-state index contributed by atoms with van der Waals surface area (Å²) in [7, 11) is 0. The maximum Gasteiger partial charge on any atom is 0.256 e. The molecule has 3 amide bonds. The first-order valence-electron chi connectivity index (χ1n) is 12.5. The maximum atomic E-state index is 13.8. The maximum absolute atomic E-state index is 13.8. The largest absolute Gasteiger partial charge is 0.353 e. The van der Waals surface area contributed by atoms with E-state index in [-0.39, 0.29) is 30.4 Å². The number of nitrogens with zero attached hydrogens (tertiary/aromatic N) is 2. The van der Waals surface area contributed by atoms with Gasteiger partial charge in [-0.3, -0.25) is 19.3 Å². The smallest absolute Gasteiger partial charge is 0.256 e. The first-order chi connectivity index (χ1) is 16.8. The van der Waals surface area contributed by atoms with Crippen molar-refractivity contribution in [3.05, 3.63) is 70.8 Å². The summed E-state index contributed by atoms with van der Waals surface area (Å²) in [6.07, 6.45) is 1.71. The number of rotatable bonds is 5. The van der Waals surface area contributed by atoms with Gasteiger partial charge in [-0.05, 0) is 51.0 Å². The highest BCUT2D eigenvalue weighted by molar-refractivity contribution is 5.99. The summed E-state index contributed by atoms with van der Waals surface area (Å²) < 4.78 is 6.27. The van der Waals surface area contributed by atoms with Gasteiger partial charge in [0.2, 0.25) is 5.91 Å². The molecule has 2 heterocycles. The van der Waals surface area contributed by atoms with E-state index in [4.69, 9.17) is 4.74 Å². The molecule has 2 aromatic rings. The molecule has 0 unspecified atom stereocenters. The Morgan fingerprint density at radius 1 is 1.03 bits per heavy atom. The van der Waals surface area contributed by atoms with Crippen LogP contribution in [-0.2, 0) is 9.53 Å². The fourth-order valence-electron chi connectivity index (χ4n) is 4.89. The van der Waals surface area contributed by atoms with Gasteiger partial charge in [-0.15, -0.1) is 0 Å². The predicted molar refractivity (Wildman–Crippen MR) is 134 cm³/mol. The zero-order chi connectivity index (χ0) is 25.2. The van der Waals surface area contributed by atoms with Gasteiger partial charge >= 0.3 is 0 Å². The van der Waals surface area contributed by atoms with E-state index in [1.54, 1.807) is 17.0 Å². The number of hydrogen-bond acceptors (Lipinski definition) is 4. The molecule has 4 rings (SSSR count). The Balaban J connectivity index is 1.58. The van der Waals surface area contributed by atoms with Gasteiger partial charge in [0.15, 0.2) is 0 Å². The summed E-state index contributed by atoms with van der Waals surface area (Å²) in [5, 5.41) is 3.02. The number of carbonyl (C=O) groups is 3. The lowest BCUT2D eigenvalue weighted by atomic mass is 9.95. The Kier molecular flexibility index (Phi) is 7.26. The highest BCUT2D eigenvalue weighted by Gasteiger charge is 2.54. The Morgan fingerprint density at radius 3 is 2.31 bits per heavy atom. The molecule has 2 aliphatic rings. The lowest BCUT2D eigenvalue weighted by Gasteiger charge is -2.44. The molecule has 2 saturated heterocycles. The quantitative estimate of drug-likeness (QED) is 0.712. The third-order valence-corrected chi connectivity index (χ3v) is 7.29. The van der Waals surface area contributed by atoms with Crippen LogP contribution in [0.5, 0.6) is 0 Å². The standard InChI is InChI=1S/C28H35N3O4/c1-5-21(4)29-25(32)24-18-35-28(31(24)26(33)22-12-10-19(2)11-13-22)14-16-30(17-15-28)27(34)23-9-7-6-8-20(23)3/h6-13,21,24H,5,14-18H2,1-4H3,(H,29,32)/t21-,24+/m1/s1. The molecule has 7 nitrogen and oxygen atoms in total. The molecule has 0 aliphatic carbocycles. The third kappa shape index (κ3) is 4.96. The minimum absolute atomic E-state index is 0.00366. The van der Waals surface area contributed by atoms with Crippen molar-refractivity contribution in [2.45, 2.75) is 64.8 Å². The van der Waals surface area contributed by atoms with Crippen LogP contribution in [0, 0.1) is 13.8 Å². The van der Waals surface area contributed by atoms with E-state index in [1.165, 1.54) is 0 Å². The molecule has 7 heteroatoms. The number of carbonyl (C=O) groups excluding carboxylic acids is 3. The molecule has 1 N–H and O–H groups in total. The summed E-state index contributed by atoms with van der Waals surface area (Å²) in [6.45, 7) is 8.90. The molecule has 1 spiro atoms. The van der Waals surface area contributed by atoms with Gasteiger partial charge < -0.3 is 15.0 Å². The average molecular weight is 478 g/mol. The second kappa shape index (κ2) is 10.2. The Morgan fingerprint density at radius 2 is 1.69 bits per heavy atom. The summed E-state index contributed by atoms with van der Waals surface area (Å²) in [6, 6.07) is 14.2. The highest BCUT2D eigenvalue weighted by atomic mass is 16.5. The van der Waals surface area contributed by atoms with Crippen LogP contribution in [0.1, 0.15) is 65.0 Å². The number of piperidine rings is 1. The molecule has 2 aromatic carbocycles.